The number of carbonyl (C=O) groups excluding carboxylic acids is 1. The van der Waals surface area contributed by atoms with E-state index >= 15 is 0 Å². The van der Waals surface area contributed by atoms with Gasteiger partial charge < -0.3 is 14.7 Å². The SMILES string of the molecule is Cc1cccc(C(=O)N2CCC[C@@H]2[C@@H]2COCC[C@H]2O)c1C. The number of hydrogen-bond donors (Lipinski definition) is 1. The third kappa shape index (κ3) is 2.77. The molecule has 2 fully saturated rings. The zero-order valence-electron chi connectivity index (χ0n) is 13.4. The molecule has 1 aromatic rings. The molecule has 1 amide bonds. The number of carbonyl (C=O) groups is 1. The summed E-state index contributed by atoms with van der Waals surface area (Å²) < 4.78 is 5.54. The van der Waals surface area contributed by atoms with E-state index in [-0.39, 0.29) is 24.0 Å². The van der Waals surface area contributed by atoms with Crippen LogP contribution in [-0.2, 0) is 4.74 Å². The predicted octanol–water partition coefficient (Wildman–Crippen LogP) is 2.31. The van der Waals surface area contributed by atoms with Gasteiger partial charge >= 0.3 is 0 Å². The van der Waals surface area contributed by atoms with E-state index in [2.05, 4.69) is 0 Å². The lowest BCUT2D eigenvalue weighted by atomic mass is 9.89. The number of hydrogen-bond acceptors (Lipinski definition) is 3. The summed E-state index contributed by atoms with van der Waals surface area (Å²) in [6.07, 6.45) is 2.28. The second-order valence-corrected chi connectivity index (χ2v) is 6.55. The third-order valence-electron chi connectivity index (χ3n) is 5.25. The summed E-state index contributed by atoms with van der Waals surface area (Å²) in [6, 6.07) is 5.99. The maximum atomic E-state index is 13.0. The number of benzene rings is 1. The molecule has 0 spiro atoms. The molecule has 0 saturated carbocycles. The molecule has 0 unspecified atom stereocenters. The molecule has 3 atom stereocenters. The van der Waals surface area contributed by atoms with E-state index in [1.54, 1.807) is 0 Å². The Morgan fingerprint density at radius 3 is 2.91 bits per heavy atom. The highest BCUT2D eigenvalue weighted by atomic mass is 16.5. The van der Waals surface area contributed by atoms with Crippen LogP contribution in [0.25, 0.3) is 0 Å². The molecule has 3 rings (SSSR count). The van der Waals surface area contributed by atoms with Crippen molar-refractivity contribution in [2.75, 3.05) is 19.8 Å². The Morgan fingerprint density at radius 2 is 2.14 bits per heavy atom. The number of likely N-dealkylation sites (tertiary alicyclic amines) is 1. The average Bonchev–Trinajstić information content (AvgIpc) is 2.99. The fourth-order valence-electron chi connectivity index (χ4n) is 3.74. The average molecular weight is 303 g/mol. The fraction of sp³-hybridized carbons (Fsp3) is 0.611. The highest BCUT2D eigenvalue weighted by Gasteiger charge is 2.40. The van der Waals surface area contributed by atoms with Crippen molar-refractivity contribution in [1.82, 2.24) is 4.90 Å². The summed E-state index contributed by atoms with van der Waals surface area (Å²) in [5.41, 5.74) is 2.99. The Balaban J connectivity index is 1.83. The van der Waals surface area contributed by atoms with Crippen molar-refractivity contribution in [1.29, 1.82) is 0 Å². The quantitative estimate of drug-likeness (QED) is 0.912. The number of amides is 1. The van der Waals surface area contributed by atoms with Crippen LogP contribution in [0.4, 0.5) is 0 Å². The molecule has 2 aliphatic rings. The number of aliphatic hydroxyl groups excluding tert-OH is 1. The van der Waals surface area contributed by atoms with Gasteiger partial charge in [0.05, 0.1) is 12.7 Å². The van der Waals surface area contributed by atoms with Crippen LogP contribution >= 0.6 is 0 Å². The van der Waals surface area contributed by atoms with E-state index < -0.39 is 0 Å². The summed E-state index contributed by atoms with van der Waals surface area (Å²) in [5.74, 6) is 0.145. The normalized spacial score (nSPS) is 28.9. The monoisotopic (exact) mass is 303 g/mol. The van der Waals surface area contributed by atoms with E-state index in [1.807, 2.05) is 36.9 Å². The molecule has 2 heterocycles. The van der Waals surface area contributed by atoms with Crippen LogP contribution in [0.5, 0.6) is 0 Å². The number of rotatable bonds is 2. The molecule has 120 valence electrons. The minimum Gasteiger partial charge on any atom is -0.393 e. The largest absolute Gasteiger partial charge is 0.393 e. The highest BCUT2D eigenvalue weighted by Crippen LogP contribution is 2.31. The highest BCUT2D eigenvalue weighted by molar-refractivity contribution is 5.96. The Kier molecular flexibility index (Phi) is 4.50. The van der Waals surface area contributed by atoms with Gasteiger partial charge in [0.15, 0.2) is 0 Å². The first kappa shape index (κ1) is 15.5. The van der Waals surface area contributed by atoms with Crippen molar-refractivity contribution >= 4 is 5.91 Å². The van der Waals surface area contributed by atoms with E-state index in [4.69, 9.17) is 4.74 Å². The van der Waals surface area contributed by atoms with E-state index in [9.17, 15) is 9.90 Å². The van der Waals surface area contributed by atoms with E-state index in [0.717, 1.165) is 36.1 Å². The Labute approximate surface area is 132 Å². The van der Waals surface area contributed by atoms with Crippen LogP contribution in [0.3, 0.4) is 0 Å². The van der Waals surface area contributed by atoms with E-state index in [1.165, 1.54) is 0 Å². The lowest BCUT2D eigenvalue weighted by molar-refractivity contribution is -0.0589. The van der Waals surface area contributed by atoms with Gasteiger partial charge in [-0.2, -0.15) is 0 Å². The molecule has 1 aromatic carbocycles. The van der Waals surface area contributed by atoms with Crippen molar-refractivity contribution < 1.29 is 14.6 Å². The molecule has 0 aliphatic carbocycles. The van der Waals surface area contributed by atoms with Crippen LogP contribution in [0.15, 0.2) is 18.2 Å². The van der Waals surface area contributed by atoms with Crippen molar-refractivity contribution in [3.05, 3.63) is 34.9 Å². The fourth-order valence-corrected chi connectivity index (χ4v) is 3.74. The Hall–Kier alpha value is -1.39. The van der Waals surface area contributed by atoms with Crippen molar-refractivity contribution in [2.45, 2.75) is 45.3 Å². The molecule has 1 N–H and O–H groups in total. The second kappa shape index (κ2) is 6.39. The van der Waals surface area contributed by atoms with Gasteiger partial charge in [-0.15, -0.1) is 0 Å². The number of nitrogens with zero attached hydrogens (tertiary/aromatic N) is 1. The topological polar surface area (TPSA) is 49.8 Å². The van der Waals surface area contributed by atoms with Gasteiger partial charge in [0.1, 0.15) is 0 Å². The lowest BCUT2D eigenvalue weighted by Crippen LogP contribution is -2.48. The van der Waals surface area contributed by atoms with Gasteiger partial charge in [-0.05, 0) is 50.3 Å². The van der Waals surface area contributed by atoms with Crippen LogP contribution in [-0.4, -0.2) is 47.8 Å². The first-order chi connectivity index (χ1) is 10.6. The van der Waals surface area contributed by atoms with E-state index in [0.29, 0.717) is 19.6 Å². The van der Waals surface area contributed by atoms with Gasteiger partial charge in [0.25, 0.3) is 5.91 Å². The van der Waals surface area contributed by atoms with Crippen LogP contribution in [0.2, 0.25) is 0 Å². The summed E-state index contributed by atoms with van der Waals surface area (Å²) >= 11 is 0. The summed E-state index contributed by atoms with van der Waals surface area (Å²) in [4.78, 5) is 14.9. The number of ether oxygens (including phenoxy) is 1. The molecule has 0 radical (unpaired) electrons. The van der Waals surface area contributed by atoms with Gasteiger partial charge in [0.2, 0.25) is 0 Å². The lowest BCUT2D eigenvalue weighted by Gasteiger charge is -2.37. The van der Waals surface area contributed by atoms with Crippen LogP contribution in [0, 0.1) is 19.8 Å². The van der Waals surface area contributed by atoms with Gasteiger partial charge in [-0.25, -0.2) is 0 Å². The van der Waals surface area contributed by atoms with Gasteiger partial charge in [0, 0.05) is 30.7 Å². The second-order valence-electron chi connectivity index (χ2n) is 6.55. The zero-order valence-corrected chi connectivity index (χ0v) is 13.4. The van der Waals surface area contributed by atoms with Crippen molar-refractivity contribution in [3.63, 3.8) is 0 Å². The van der Waals surface area contributed by atoms with Crippen LogP contribution in [0.1, 0.15) is 40.7 Å². The molecule has 4 nitrogen and oxygen atoms in total. The summed E-state index contributed by atoms with van der Waals surface area (Å²) in [5, 5.41) is 10.3. The molecule has 2 saturated heterocycles. The third-order valence-corrected chi connectivity index (χ3v) is 5.25. The Bertz CT molecular complexity index is 557. The maximum Gasteiger partial charge on any atom is 0.254 e. The molecule has 0 aromatic heterocycles. The Morgan fingerprint density at radius 1 is 1.32 bits per heavy atom. The van der Waals surface area contributed by atoms with Crippen LogP contribution < -0.4 is 0 Å². The maximum absolute atomic E-state index is 13.0. The molecule has 22 heavy (non-hydrogen) atoms. The van der Waals surface area contributed by atoms with Gasteiger partial charge in [-0.3, -0.25) is 4.79 Å². The molecular formula is C18H25NO3. The van der Waals surface area contributed by atoms with Crippen molar-refractivity contribution in [3.8, 4) is 0 Å². The molecule has 2 aliphatic heterocycles. The minimum absolute atomic E-state index is 0.0466. The number of aliphatic hydroxyl groups is 1. The van der Waals surface area contributed by atoms with Crippen molar-refractivity contribution in [2.24, 2.45) is 5.92 Å². The first-order valence-corrected chi connectivity index (χ1v) is 8.22. The predicted molar refractivity (Wildman–Crippen MR) is 84.9 cm³/mol. The smallest absolute Gasteiger partial charge is 0.254 e. The summed E-state index contributed by atoms with van der Waals surface area (Å²) in [7, 11) is 0. The molecular weight excluding hydrogens is 278 g/mol. The molecule has 0 bridgehead atoms. The number of aryl methyl sites for hydroxylation is 1. The minimum atomic E-state index is -0.356. The summed E-state index contributed by atoms with van der Waals surface area (Å²) in [6.45, 7) is 6.00. The van der Waals surface area contributed by atoms with Gasteiger partial charge in [-0.1, -0.05) is 12.1 Å². The standard InChI is InChI=1S/C18H25NO3/c1-12-5-3-6-14(13(12)2)18(21)19-9-4-7-16(19)15-11-22-10-8-17(15)20/h3,5-6,15-17,20H,4,7-11H2,1-2H3/t15-,16+,17+/m0/s1. The zero-order chi connectivity index (χ0) is 15.7. The first-order valence-electron chi connectivity index (χ1n) is 8.22. The molecule has 4 heteroatoms.